The topological polar surface area (TPSA) is 84.1 Å². The summed E-state index contributed by atoms with van der Waals surface area (Å²) in [6, 6.07) is 3.57. The van der Waals surface area contributed by atoms with Gasteiger partial charge >= 0.3 is 0 Å². The van der Waals surface area contributed by atoms with Crippen LogP contribution in [0.1, 0.15) is 32.0 Å². The summed E-state index contributed by atoms with van der Waals surface area (Å²) in [5, 5.41) is 6.05. The Morgan fingerprint density at radius 1 is 1.39 bits per heavy atom. The summed E-state index contributed by atoms with van der Waals surface area (Å²) in [6.45, 7) is 12.0. The molecular weight excluding hydrogens is 414 g/mol. The van der Waals surface area contributed by atoms with Crippen LogP contribution in [0.4, 0.5) is 5.82 Å². The lowest BCUT2D eigenvalue weighted by molar-refractivity contribution is 0.483. The molecule has 0 bridgehead atoms. The first-order valence-corrected chi connectivity index (χ1v) is 10.4. The lowest BCUT2D eigenvalue weighted by atomic mass is 9.95. The van der Waals surface area contributed by atoms with Gasteiger partial charge in [-0.25, -0.2) is 14.5 Å². The molecule has 2 unspecified atom stereocenters. The molecule has 0 aliphatic heterocycles. The third-order valence-corrected chi connectivity index (χ3v) is 6.12. The van der Waals surface area contributed by atoms with E-state index >= 15 is 0 Å². The molecule has 0 aliphatic carbocycles. The van der Waals surface area contributed by atoms with E-state index in [1.807, 2.05) is 19.3 Å². The van der Waals surface area contributed by atoms with Gasteiger partial charge in [-0.2, -0.15) is 5.10 Å². The second-order valence-electron chi connectivity index (χ2n) is 7.45. The van der Waals surface area contributed by atoms with Crippen LogP contribution < -0.4 is 10.5 Å². The summed E-state index contributed by atoms with van der Waals surface area (Å²) >= 11 is 6.25. The van der Waals surface area contributed by atoms with Crippen LogP contribution in [-0.2, 0) is 0 Å². The average molecular weight is 438 g/mol. The van der Waals surface area contributed by atoms with Crippen molar-refractivity contribution < 1.29 is 0 Å². The summed E-state index contributed by atoms with van der Waals surface area (Å²) in [6.07, 6.45) is 7.37. The molecule has 0 fully saturated rings. The van der Waals surface area contributed by atoms with Crippen molar-refractivity contribution in [1.29, 1.82) is 0 Å². The van der Waals surface area contributed by atoms with Crippen LogP contribution in [0.3, 0.4) is 0 Å². The van der Waals surface area contributed by atoms with Gasteiger partial charge in [-0.15, -0.1) is 0 Å². The Bertz CT molecular complexity index is 1350. The molecule has 31 heavy (non-hydrogen) atoms. The van der Waals surface area contributed by atoms with Gasteiger partial charge in [0, 0.05) is 37.1 Å². The first kappa shape index (κ1) is 20.9. The lowest BCUT2D eigenvalue weighted by Gasteiger charge is -2.33. The number of aromatic nitrogens is 6. The van der Waals surface area contributed by atoms with E-state index in [2.05, 4.69) is 46.9 Å². The van der Waals surface area contributed by atoms with E-state index in [0.717, 1.165) is 23.3 Å². The second-order valence-corrected chi connectivity index (χ2v) is 7.86. The summed E-state index contributed by atoms with van der Waals surface area (Å²) in [7, 11) is 1.98. The van der Waals surface area contributed by atoms with Gasteiger partial charge in [-0.1, -0.05) is 31.7 Å². The fraction of sp³-hybridized carbons (Fsp3) is 0.273. The smallest absolute Gasteiger partial charge is 0.284 e. The highest BCUT2D eigenvalue weighted by Gasteiger charge is 2.29. The number of nitrogens with one attached hydrogen (secondary N) is 1. The number of aromatic amines is 1. The average Bonchev–Trinajstić information content (AvgIpc) is 3.40. The number of hydrogen-bond acceptors (Lipinski definition) is 5. The first-order chi connectivity index (χ1) is 14.9. The van der Waals surface area contributed by atoms with Crippen molar-refractivity contribution in [3.63, 3.8) is 0 Å². The Balaban J connectivity index is 1.87. The summed E-state index contributed by atoms with van der Waals surface area (Å²) in [4.78, 5) is 27.3. The second kappa shape index (κ2) is 8.03. The predicted octanol–water partition coefficient (Wildman–Crippen LogP) is 4.10. The maximum Gasteiger partial charge on any atom is 0.284 e. The van der Waals surface area contributed by atoms with E-state index in [0.29, 0.717) is 22.1 Å². The fourth-order valence-corrected chi connectivity index (χ4v) is 4.22. The van der Waals surface area contributed by atoms with Crippen LogP contribution >= 0.6 is 11.6 Å². The van der Waals surface area contributed by atoms with Gasteiger partial charge in [-0.05, 0) is 31.6 Å². The molecule has 0 spiro atoms. The quantitative estimate of drug-likeness (QED) is 0.440. The highest BCUT2D eigenvalue weighted by atomic mass is 35.5. The molecule has 9 heteroatoms. The molecule has 4 aromatic heterocycles. The molecule has 1 N–H and O–H groups in total. The van der Waals surface area contributed by atoms with Gasteiger partial charge in [0.25, 0.3) is 5.56 Å². The molecule has 0 saturated carbocycles. The number of anilines is 1. The summed E-state index contributed by atoms with van der Waals surface area (Å²) in [5.41, 5.74) is 1.27. The van der Waals surface area contributed by atoms with Crippen molar-refractivity contribution in [3.05, 3.63) is 71.3 Å². The van der Waals surface area contributed by atoms with Gasteiger partial charge in [0.1, 0.15) is 29.1 Å². The van der Waals surface area contributed by atoms with Gasteiger partial charge in [0.2, 0.25) is 0 Å². The van der Waals surface area contributed by atoms with Crippen molar-refractivity contribution >= 4 is 39.7 Å². The number of rotatable bonds is 7. The van der Waals surface area contributed by atoms with Crippen molar-refractivity contribution in [2.75, 3.05) is 11.9 Å². The standard InChI is InChI=1S/C22H24ClN7O/c1-6-13(3)30-21(27-29-11-9-17(23)18(29)22(30)31)15(7-2)14(4)28(5)20-16-8-10-24-19(16)25-12-26-20/h6,8-12,14-15H,1,3,7H2,2,4-5H3,(H,24,25,26). The molecule has 4 aromatic rings. The largest absolute Gasteiger partial charge is 0.356 e. The summed E-state index contributed by atoms with van der Waals surface area (Å²) in [5.74, 6) is 1.29. The molecule has 0 aromatic carbocycles. The molecule has 4 heterocycles. The third-order valence-electron chi connectivity index (χ3n) is 5.82. The van der Waals surface area contributed by atoms with Gasteiger partial charge in [0.05, 0.1) is 10.4 Å². The Morgan fingerprint density at radius 3 is 2.87 bits per heavy atom. The van der Waals surface area contributed by atoms with Crippen molar-refractivity contribution in [3.8, 4) is 0 Å². The highest BCUT2D eigenvalue weighted by molar-refractivity contribution is 6.33. The van der Waals surface area contributed by atoms with Crippen LogP contribution in [0.5, 0.6) is 0 Å². The molecular formula is C22H24ClN7O. The normalized spacial score (nSPS) is 13.4. The number of H-pyrrole nitrogens is 1. The first-order valence-electron chi connectivity index (χ1n) is 10.0. The van der Waals surface area contributed by atoms with E-state index in [4.69, 9.17) is 16.7 Å². The Hall–Kier alpha value is -3.39. The van der Waals surface area contributed by atoms with Crippen LogP contribution in [0.25, 0.3) is 22.2 Å². The van der Waals surface area contributed by atoms with Gasteiger partial charge < -0.3 is 9.88 Å². The zero-order valence-electron chi connectivity index (χ0n) is 17.7. The minimum absolute atomic E-state index is 0.0442. The Morgan fingerprint density at radius 2 is 2.16 bits per heavy atom. The Kier molecular flexibility index (Phi) is 5.41. The zero-order valence-corrected chi connectivity index (χ0v) is 18.5. The number of allylic oxidation sites excluding steroid dienone is 2. The minimum Gasteiger partial charge on any atom is -0.356 e. The monoisotopic (exact) mass is 437 g/mol. The molecule has 0 aliphatic rings. The molecule has 4 rings (SSSR count). The van der Waals surface area contributed by atoms with E-state index in [1.54, 1.807) is 24.7 Å². The maximum atomic E-state index is 13.3. The molecule has 0 radical (unpaired) electrons. The van der Waals surface area contributed by atoms with Gasteiger partial charge in [0.15, 0.2) is 0 Å². The molecule has 2 atom stereocenters. The van der Waals surface area contributed by atoms with Gasteiger partial charge in [-0.3, -0.25) is 9.36 Å². The van der Waals surface area contributed by atoms with Crippen LogP contribution in [0.2, 0.25) is 5.02 Å². The predicted molar refractivity (Wildman–Crippen MR) is 125 cm³/mol. The lowest BCUT2D eigenvalue weighted by Crippen LogP contribution is -2.38. The van der Waals surface area contributed by atoms with Crippen LogP contribution in [0.15, 0.2) is 54.9 Å². The van der Waals surface area contributed by atoms with Crippen LogP contribution in [-0.4, -0.2) is 42.2 Å². The van der Waals surface area contributed by atoms with E-state index in [9.17, 15) is 4.79 Å². The van der Waals surface area contributed by atoms with Crippen molar-refractivity contribution in [2.45, 2.75) is 32.2 Å². The van der Waals surface area contributed by atoms with Crippen LogP contribution in [0, 0.1) is 0 Å². The summed E-state index contributed by atoms with van der Waals surface area (Å²) < 4.78 is 3.05. The van der Waals surface area contributed by atoms with Crippen molar-refractivity contribution in [2.24, 2.45) is 0 Å². The van der Waals surface area contributed by atoms with E-state index < -0.39 is 0 Å². The number of fused-ring (bicyclic) bond motifs is 2. The SMILES string of the molecule is C=CC(=C)n1c(C(CC)C(C)N(C)c2ncnc3[nH]ccc23)nn2ccc(Cl)c2c1=O. The third kappa shape index (κ3) is 3.33. The zero-order chi connectivity index (χ0) is 22.3. The minimum atomic E-state index is -0.270. The molecule has 0 amide bonds. The maximum absolute atomic E-state index is 13.3. The number of hydrogen-bond donors (Lipinski definition) is 1. The highest BCUT2D eigenvalue weighted by Crippen LogP contribution is 2.31. The van der Waals surface area contributed by atoms with E-state index in [-0.39, 0.29) is 17.5 Å². The number of nitrogens with zero attached hydrogens (tertiary/aromatic N) is 6. The Labute approximate surface area is 184 Å². The van der Waals surface area contributed by atoms with Crippen molar-refractivity contribution in [1.82, 2.24) is 29.1 Å². The molecule has 160 valence electrons. The molecule has 0 saturated heterocycles. The van der Waals surface area contributed by atoms with E-state index in [1.165, 1.54) is 9.08 Å². The number of halogens is 1. The molecule has 8 nitrogen and oxygen atoms in total. The fourth-order valence-electron chi connectivity index (χ4n) is 4.00. The number of likely N-dealkylation sites (N-methyl/N-ethyl adjacent to an activating group) is 1.